The average molecular weight is 435 g/mol. The number of Topliss-reactive ketones (excluding diaryl/α,β-unsaturated/α-hetero) is 1. The molecule has 1 heterocycles. The van der Waals surface area contributed by atoms with Crippen LogP contribution in [0.1, 0.15) is 71.4 Å². The Morgan fingerprint density at radius 1 is 1.12 bits per heavy atom. The van der Waals surface area contributed by atoms with E-state index in [-0.39, 0.29) is 17.5 Å². The summed E-state index contributed by atoms with van der Waals surface area (Å²) >= 11 is 0. The lowest BCUT2D eigenvalue weighted by molar-refractivity contribution is -0.126. The molecular weight excluding hydrogens is 396 g/mol. The van der Waals surface area contributed by atoms with Crippen molar-refractivity contribution in [3.05, 3.63) is 54.2 Å². The predicted molar refractivity (Wildman–Crippen MR) is 133 cm³/mol. The molecule has 0 aliphatic heterocycles. The van der Waals surface area contributed by atoms with Gasteiger partial charge in [-0.1, -0.05) is 49.3 Å². The van der Waals surface area contributed by atoms with Crippen LogP contribution in [0, 0.1) is 10.8 Å². The fourth-order valence-electron chi connectivity index (χ4n) is 4.99. The summed E-state index contributed by atoms with van der Waals surface area (Å²) in [5.41, 5.74) is 6.70. The molecule has 0 fully saturated rings. The topological polar surface area (TPSA) is 83.1 Å². The Hall–Kier alpha value is -2.53. The van der Waals surface area contributed by atoms with E-state index < -0.39 is 5.41 Å². The lowest BCUT2D eigenvalue weighted by Gasteiger charge is -2.35. The molecule has 32 heavy (non-hydrogen) atoms. The number of amidine groups is 1. The zero-order valence-corrected chi connectivity index (χ0v) is 20.0. The van der Waals surface area contributed by atoms with E-state index in [1.54, 1.807) is 0 Å². The first-order valence-electron chi connectivity index (χ1n) is 11.9. The number of carbonyl (C=O) groups is 1. The lowest BCUT2D eigenvalue weighted by Crippen LogP contribution is -2.46. The Bertz CT molecular complexity index is 973. The Morgan fingerprint density at radius 2 is 1.84 bits per heavy atom. The Balaban J connectivity index is 1.70. The summed E-state index contributed by atoms with van der Waals surface area (Å²) < 4.78 is 0. The zero-order valence-electron chi connectivity index (χ0n) is 20.0. The molecule has 2 atom stereocenters. The molecule has 0 saturated heterocycles. The van der Waals surface area contributed by atoms with E-state index in [9.17, 15) is 4.79 Å². The normalized spacial score (nSPS) is 21.2. The van der Waals surface area contributed by atoms with Crippen LogP contribution >= 0.6 is 0 Å². The second kappa shape index (κ2) is 10.4. The van der Waals surface area contributed by atoms with Crippen LogP contribution in [0.3, 0.4) is 0 Å². The first-order valence-corrected chi connectivity index (χ1v) is 11.9. The zero-order chi connectivity index (χ0) is 23.3. The van der Waals surface area contributed by atoms with Gasteiger partial charge in [-0.3, -0.25) is 20.1 Å². The molecular formula is C27H38N4O. The number of nitrogens with two attached hydrogens (primary N) is 1. The summed E-state index contributed by atoms with van der Waals surface area (Å²) in [7, 11) is 0. The van der Waals surface area contributed by atoms with Crippen LogP contribution in [0.15, 0.2) is 48.6 Å². The molecule has 2 unspecified atom stereocenters. The largest absolute Gasteiger partial charge is 0.387 e. The number of para-hydroxylation sites is 1. The number of carbonyl (C=O) groups excluding carboxylic acids is 1. The summed E-state index contributed by atoms with van der Waals surface area (Å²) in [5, 5.41) is 9.35. The summed E-state index contributed by atoms with van der Waals surface area (Å²) in [6.07, 6.45) is 8.07. The molecule has 1 aromatic carbocycles. The summed E-state index contributed by atoms with van der Waals surface area (Å²) in [6, 6.07) is 13.0. The first-order chi connectivity index (χ1) is 15.3. The van der Waals surface area contributed by atoms with Gasteiger partial charge < -0.3 is 5.73 Å². The number of aromatic nitrogens is 1. The van der Waals surface area contributed by atoms with Crippen LogP contribution in [0.2, 0.25) is 0 Å². The number of unbranched alkanes of at least 4 members (excludes halogenated alkanes) is 2. The van der Waals surface area contributed by atoms with E-state index in [2.05, 4.69) is 32.6 Å². The van der Waals surface area contributed by atoms with Crippen molar-refractivity contribution in [2.45, 2.75) is 77.8 Å². The molecule has 2 aromatic rings. The number of ketones is 1. The molecule has 172 valence electrons. The quantitative estimate of drug-likeness (QED) is 0.225. The SMILES string of the molecule is CC(C)N(CCCCCC1(C(=N)N)C=CCC(c2ccc3ccccc3n2)C1=O)C(C)C. The first kappa shape index (κ1) is 24.1. The summed E-state index contributed by atoms with van der Waals surface area (Å²) in [5.74, 6) is -0.387. The maximum atomic E-state index is 13.7. The van der Waals surface area contributed by atoms with Crippen molar-refractivity contribution in [1.82, 2.24) is 9.88 Å². The number of hydrogen-bond donors (Lipinski definition) is 2. The van der Waals surface area contributed by atoms with Gasteiger partial charge in [-0.2, -0.15) is 0 Å². The van der Waals surface area contributed by atoms with E-state index in [1.165, 1.54) is 0 Å². The predicted octanol–water partition coefficient (Wildman–Crippen LogP) is 5.45. The molecule has 3 rings (SSSR count). The minimum absolute atomic E-state index is 0.0151. The number of benzene rings is 1. The second-order valence-electron chi connectivity index (χ2n) is 9.60. The smallest absolute Gasteiger partial charge is 0.159 e. The molecule has 1 aliphatic rings. The van der Waals surface area contributed by atoms with Crippen molar-refractivity contribution in [2.75, 3.05) is 6.54 Å². The molecule has 0 bridgehead atoms. The summed E-state index contributed by atoms with van der Waals surface area (Å²) in [6.45, 7) is 9.98. The van der Waals surface area contributed by atoms with Crippen LogP contribution in [0.25, 0.3) is 10.9 Å². The van der Waals surface area contributed by atoms with Gasteiger partial charge in [0.15, 0.2) is 5.78 Å². The monoisotopic (exact) mass is 434 g/mol. The van der Waals surface area contributed by atoms with Gasteiger partial charge in [-0.05, 0) is 65.6 Å². The van der Waals surface area contributed by atoms with Crippen LogP contribution in [-0.4, -0.2) is 40.1 Å². The van der Waals surface area contributed by atoms with Crippen LogP contribution in [0.5, 0.6) is 0 Å². The fourth-order valence-corrected chi connectivity index (χ4v) is 4.99. The lowest BCUT2D eigenvalue weighted by atomic mass is 9.68. The van der Waals surface area contributed by atoms with Crippen molar-refractivity contribution in [3.8, 4) is 0 Å². The highest BCUT2D eigenvalue weighted by Gasteiger charge is 2.45. The van der Waals surface area contributed by atoms with Crippen LogP contribution < -0.4 is 5.73 Å². The van der Waals surface area contributed by atoms with Gasteiger partial charge in [0.1, 0.15) is 11.3 Å². The Morgan fingerprint density at radius 3 is 2.53 bits per heavy atom. The van der Waals surface area contributed by atoms with E-state index in [0.29, 0.717) is 24.9 Å². The number of allylic oxidation sites excluding steroid dienone is 1. The number of rotatable bonds is 10. The number of pyridine rings is 1. The minimum atomic E-state index is -1.01. The third-order valence-corrected chi connectivity index (χ3v) is 6.80. The van der Waals surface area contributed by atoms with Gasteiger partial charge in [-0.25, -0.2) is 0 Å². The number of nitrogens with zero attached hydrogens (tertiary/aromatic N) is 2. The Labute approximate surface area is 192 Å². The minimum Gasteiger partial charge on any atom is -0.387 e. The maximum Gasteiger partial charge on any atom is 0.159 e. The van der Waals surface area contributed by atoms with Crippen molar-refractivity contribution in [2.24, 2.45) is 11.1 Å². The van der Waals surface area contributed by atoms with E-state index >= 15 is 0 Å². The van der Waals surface area contributed by atoms with Crippen LogP contribution in [-0.2, 0) is 4.79 Å². The molecule has 0 saturated carbocycles. The standard InChI is InChI=1S/C27H38N4O/c1-19(2)31(20(3)4)18-9-5-8-16-27(26(28)29)17-10-12-22(25(27)32)24-15-14-21-11-6-7-13-23(21)30-24/h6-7,10-11,13-15,17,19-20,22H,5,8-9,12,16,18H2,1-4H3,(H3,28,29). The molecule has 0 spiro atoms. The van der Waals surface area contributed by atoms with Gasteiger partial charge in [-0.15, -0.1) is 0 Å². The highest BCUT2D eigenvalue weighted by Crippen LogP contribution is 2.40. The van der Waals surface area contributed by atoms with Crippen LogP contribution in [0.4, 0.5) is 0 Å². The fraction of sp³-hybridized carbons (Fsp3) is 0.519. The van der Waals surface area contributed by atoms with Gasteiger partial charge >= 0.3 is 0 Å². The van der Waals surface area contributed by atoms with Gasteiger partial charge in [0, 0.05) is 17.5 Å². The maximum absolute atomic E-state index is 13.7. The second-order valence-corrected chi connectivity index (χ2v) is 9.60. The van der Waals surface area contributed by atoms with E-state index in [0.717, 1.165) is 42.4 Å². The molecule has 0 amide bonds. The third-order valence-electron chi connectivity index (χ3n) is 6.80. The van der Waals surface area contributed by atoms with Crippen molar-refractivity contribution in [3.63, 3.8) is 0 Å². The summed E-state index contributed by atoms with van der Waals surface area (Å²) in [4.78, 5) is 20.9. The Kier molecular flexibility index (Phi) is 7.83. The van der Waals surface area contributed by atoms with Crippen molar-refractivity contribution >= 4 is 22.5 Å². The van der Waals surface area contributed by atoms with E-state index in [4.69, 9.17) is 16.1 Å². The molecule has 5 heteroatoms. The number of hydrogen-bond acceptors (Lipinski definition) is 4. The molecule has 0 radical (unpaired) electrons. The van der Waals surface area contributed by atoms with Gasteiger partial charge in [0.05, 0.1) is 17.1 Å². The molecule has 3 N–H and O–H groups in total. The third kappa shape index (κ3) is 5.09. The van der Waals surface area contributed by atoms with Gasteiger partial charge in [0.2, 0.25) is 0 Å². The van der Waals surface area contributed by atoms with E-state index in [1.807, 2.05) is 48.6 Å². The highest BCUT2D eigenvalue weighted by molar-refractivity contribution is 6.11. The highest BCUT2D eigenvalue weighted by atomic mass is 16.1. The van der Waals surface area contributed by atoms with Crippen molar-refractivity contribution in [1.29, 1.82) is 5.41 Å². The number of nitrogens with one attached hydrogen (secondary N) is 1. The molecule has 5 nitrogen and oxygen atoms in total. The average Bonchev–Trinajstić information content (AvgIpc) is 2.76. The van der Waals surface area contributed by atoms with Gasteiger partial charge in [0.25, 0.3) is 0 Å². The molecule has 1 aliphatic carbocycles. The molecule has 1 aromatic heterocycles. The van der Waals surface area contributed by atoms with Crippen molar-refractivity contribution < 1.29 is 4.79 Å². The number of fused-ring (bicyclic) bond motifs is 1.